The van der Waals surface area contributed by atoms with Crippen molar-refractivity contribution < 1.29 is 4.79 Å². The zero-order valence-electron chi connectivity index (χ0n) is 9.98. The van der Waals surface area contributed by atoms with E-state index in [0.717, 1.165) is 32.6 Å². The van der Waals surface area contributed by atoms with Gasteiger partial charge in [0.1, 0.15) is 0 Å². The van der Waals surface area contributed by atoms with Crippen LogP contribution >= 0.6 is 0 Å². The minimum Gasteiger partial charge on any atom is -0.356 e. The summed E-state index contributed by atoms with van der Waals surface area (Å²) in [6, 6.07) is 8.68. The Bertz CT molecular complexity index is 430. The lowest BCUT2D eigenvalue weighted by Crippen LogP contribution is -2.35. The van der Waals surface area contributed by atoms with Crippen molar-refractivity contribution in [3.05, 3.63) is 35.4 Å². The standard InChI is InChI=1S/C14H18N2O/c17-14-7-11(8-15-14)9-16-6-5-12-3-1-2-4-13(12)10-16/h1-4,11H,5-10H2,(H,15,17). The molecule has 0 radical (unpaired) electrons. The number of fused-ring (bicyclic) bond motifs is 1. The minimum absolute atomic E-state index is 0.215. The van der Waals surface area contributed by atoms with Crippen LogP contribution in [-0.2, 0) is 17.8 Å². The fourth-order valence-electron chi connectivity index (χ4n) is 2.87. The lowest BCUT2D eigenvalue weighted by molar-refractivity contribution is -0.119. The first-order valence-electron chi connectivity index (χ1n) is 6.37. The van der Waals surface area contributed by atoms with Gasteiger partial charge in [-0.25, -0.2) is 0 Å². The van der Waals surface area contributed by atoms with Crippen molar-refractivity contribution in [2.75, 3.05) is 19.6 Å². The number of benzene rings is 1. The first kappa shape index (κ1) is 10.8. The summed E-state index contributed by atoms with van der Waals surface area (Å²) in [5.41, 5.74) is 2.94. The molecule has 3 heteroatoms. The maximum Gasteiger partial charge on any atom is 0.220 e. The predicted molar refractivity (Wildman–Crippen MR) is 66.5 cm³/mol. The average Bonchev–Trinajstić information content (AvgIpc) is 2.75. The zero-order chi connectivity index (χ0) is 11.7. The van der Waals surface area contributed by atoms with Crippen molar-refractivity contribution in [3.63, 3.8) is 0 Å². The molecule has 1 unspecified atom stereocenters. The SMILES string of the molecule is O=C1CC(CN2CCc3ccccc3C2)CN1. The second kappa shape index (κ2) is 4.49. The number of amides is 1. The van der Waals surface area contributed by atoms with Crippen molar-refractivity contribution in [1.82, 2.24) is 10.2 Å². The van der Waals surface area contributed by atoms with E-state index in [4.69, 9.17) is 0 Å². The van der Waals surface area contributed by atoms with Crippen LogP contribution in [0, 0.1) is 5.92 Å². The van der Waals surface area contributed by atoms with Crippen LogP contribution in [-0.4, -0.2) is 30.4 Å². The van der Waals surface area contributed by atoms with Crippen LogP contribution in [0.1, 0.15) is 17.5 Å². The highest BCUT2D eigenvalue weighted by atomic mass is 16.1. The Hall–Kier alpha value is -1.35. The van der Waals surface area contributed by atoms with Gasteiger partial charge in [0.15, 0.2) is 0 Å². The number of carbonyl (C=O) groups excluding carboxylic acids is 1. The molecule has 0 aliphatic carbocycles. The summed E-state index contributed by atoms with van der Waals surface area (Å²) < 4.78 is 0. The summed E-state index contributed by atoms with van der Waals surface area (Å²) >= 11 is 0. The van der Waals surface area contributed by atoms with E-state index in [-0.39, 0.29) is 5.91 Å². The average molecular weight is 230 g/mol. The third-order valence-electron chi connectivity index (χ3n) is 3.79. The molecule has 90 valence electrons. The van der Waals surface area contributed by atoms with Gasteiger partial charge in [0, 0.05) is 32.6 Å². The normalized spacial score (nSPS) is 24.5. The van der Waals surface area contributed by atoms with E-state index in [1.807, 2.05) is 0 Å². The molecule has 1 atom stereocenters. The molecule has 0 saturated carbocycles. The molecule has 1 amide bonds. The summed E-state index contributed by atoms with van der Waals surface area (Å²) in [6.07, 6.45) is 1.85. The van der Waals surface area contributed by atoms with Gasteiger partial charge in [-0.3, -0.25) is 9.69 Å². The Kier molecular flexibility index (Phi) is 2.85. The quantitative estimate of drug-likeness (QED) is 0.827. The molecule has 0 spiro atoms. The Morgan fingerprint density at radius 2 is 2.12 bits per heavy atom. The lowest BCUT2D eigenvalue weighted by atomic mass is 9.98. The molecular weight excluding hydrogens is 212 g/mol. The van der Waals surface area contributed by atoms with Crippen LogP contribution in [0.2, 0.25) is 0 Å². The molecule has 17 heavy (non-hydrogen) atoms. The molecule has 2 heterocycles. The first-order valence-corrected chi connectivity index (χ1v) is 6.37. The largest absolute Gasteiger partial charge is 0.356 e. The molecule has 3 nitrogen and oxygen atoms in total. The van der Waals surface area contributed by atoms with E-state index in [9.17, 15) is 4.79 Å². The van der Waals surface area contributed by atoms with Crippen molar-refractivity contribution >= 4 is 5.91 Å². The van der Waals surface area contributed by atoms with Crippen molar-refractivity contribution in [1.29, 1.82) is 0 Å². The summed E-state index contributed by atoms with van der Waals surface area (Å²) in [4.78, 5) is 13.6. The first-order chi connectivity index (χ1) is 8.31. The third-order valence-corrected chi connectivity index (χ3v) is 3.79. The van der Waals surface area contributed by atoms with Gasteiger partial charge < -0.3 is 5.32 Å². The van der Waals surface area contributed by atoms with Crippen molar-refractivity contribution in [2.24, 2.45) is 5.92 Å². The van der Waals surface area contributed by atoms with Crippen molar-refractivity contribution in [2.45, 2.75) is 19.4 Å². The molecule has 1 aromatic carbocycles. The molecule has 3 rings (SSSR count). The van der Waals surface area contributed by atoms with Crippen LogP contribution in [0.4, 0.5) is 0 Å². The summed E-state index contributed by atoms with van der Waals surface area (Å²) in [5.74, 6) is 0.722. The van der Waals surface area contributed by atoms with Gasteiger partial charge in [-0.2, -0.15) is 0 Å². The Labute approximate surface area is 102 Å². The lowest BCUT2D eigenvalue weighted by Gasteiger charge is -2.30. The van der Waals surface area contributed by atoms with Gasteiger partial charge >= 0.3 is 0 Å². The van der Waals surface area contributed by atoms with E-state index in [0.29, 0.717) is 12.3 Å². The number of nitrogens with one attached hydrogen (secondary N) is 1. The van der Waals surface area contributed by atoms with Gasteiger partial charge in [-0.1, -0.05) is 24.3 Å². The number of rotatable bonds is 2. The van der Waals surface area contributed by atoms with E-state index in [2.05, 4.69) is 34.5 Å². The monoisotopic (exact) mass is 230 g/mol. The molecule has 0 bridgehead atoms. The molecule has 1 saturated heterocycles. The summed E-state index contributed by atoms with van der Waals surface area (Å²) in [6.45, 7) is 4.08. The van der Waals surface area contributed by atoms with E-state index < -0.39 is 0 Å². The highest BCUT2D eigenvalue weighted by molar-refractivity contribution is 5.78. The number of nitrogens with zero attached hydrogens (tertiary/aromatic N) is 1. The molecule has 1 fully saturated rings. The van der Waals surface area contributed by atoms with Gasteiger partial charge in [0.25, 0.3) is 0 Å². The molecule has 1 aromatic rings. The van der Waals surface area contributed by atoms with E-state index in [1.165, 1.54) is 11.1 Å². The predicted octanol–water partition coefficient (Wildman–Crippen LogP) is 1.18. The second-order valence-corrected chi connectivity index (χ2v) is 5.13. The van der Waals surface area contributed by atoms with Gasteiger partial charge in [-0.05, 0) is 23.5 Å². The highest BCUT2D eigenvalue weighted by Crippen LogP contribution is 2.20. The van der Waals surface area contributed by atoms with Crippen LogP contribution < -0.4 is 5.32 Å². The van der Waals surface area contributed by atoms with Crippen molar-refractivity contribution in [3.8, 4) is 0 Å². The summed E-state index contributed by atoms with van der Waals surface area (Å²) in [5, 5.41) is 2.91. The van der Waals surface area contributed by atoms with E-state index >= 15 is 0 Å². The molecule has 1 N–H and O–H groups in total. The van der Waals surface area contributed by atoms with E-state index in [1.54, 1.807) is 0 Å². The second-order valence-electron chi connectivity index (χ2n) is 5.13. The highest BCUT2D eigenvalue weighted by Gasteiger charge is 2.25. The Morgan fingerprint density at radius 1 is 1.29 bits per heavy atom. The number of hydrogen-bond donors (Lipinski definition) is 1. The molecule has 2 aliphatic heterocycles. The Morgan fingerprint density at radius 3 is 2.88 bits per heavy atom. The topological polar surface area (TPSA) is 32.3 Å². The minimum atomic E-state index is 0.215. The number of carbonyl (C=O) groups is 1. The van der Waals surface area contributed by atoms with Gasteiger partial charge in [-0.15, -0.1) is 0 Å². The molecule has 2 aliphatic rings. The van der Waals surface area contributed by atoms with Gasteiger partial charge in [0.05, 0.1) is 0 Å². The number of hydrogen-bond acceptors (Lipinski definition) is 2. The Balaban J connectivity index is 1.62. The maximum atomic E-state index is 11.2. The summed E-state index contributed by atoms with van der Waals surface area (Å²) in [7, 11) is 0. The fraction of sp³-hybridized carbons (Fsp3) is 0.500. The smallest absolute Gasteiger partial charge is 0.220 e. The third kappa shape index (κ3) is 2.34. The van der Waals surface area contributed by atoms with Gasteiger partial charge in [0.2, 0.25) is 5.91 Å². The molecular formula is C14H18N2O. The fourth-order valence-corrected chi connectivity index (χ4v) is 2.87. The van der Waals surface area contributed by atoms with Crippen LogP contribution in [0.5, 0.6) is 0 Å². The zero-order valence-corrected chi connectivity index (χ0v) is 9.98. The maximum absolute atomic E-state index is 11.2. The van der Waals surface area contributed by atoms with Crippen LogP contribution in [0.3, 0.4) is 0 Å². The van der Waals surface area contributed by atoms with Crippen LogP contribution in [0.15, 0.2) is 24.3 Å². The molecule has 0 aromatic heterocycles. The van der Waals surface area contributed by atoms with Crippen LogP contribution in [0.25, 0.3) is 0 Å².